The lowest BCUT2D eigenvalue weighted by atomic mass is 9.85. The van der Waals surface area contributed by atoms with Gasteiger partial charge in [-0.25, -0.2) is 4.39 Å². The van der Waals surface area contributed by atoms with Crippen LogP contribution in [0.15, 0.2) is 58.1 Å². The number of benzene rings is 2. The predicted octanol–water partition coefficient (Wildman–Crippen LogP) is 4.32. The number of carbonyl (C=O) groups excluding carboxylic acids is 2. The fourth-order valence-electron chi connectivity index (χ4n) is 4.84. The average Bonchev–Trinajstić information content (AvgIpc) is 3.46. The molecule has 2 aromatic carbocycles. The highest BCUT2D eigenvalue weighted by Crippen LogP contribution is 2.52. The van der Waals surface area contributed by atoms with Gasteiger partial charge >= 0.3 is 0 Å². The fraction of sp³-hybridized carbons (Fsp3) is 0.292. The molecule has 0 spiro atoms. The maximum absolute atomic E-state index is 13.9. The molecule has 5 rings (SSSR count). The van der Waals surface area contributed by atoms with Crippen LogP contribution < -0.4 is 9.47 Å². The minimum atomic E-state index is -0.348. The minimum Gasteiger partial charge on any atom is -0.493 e. The number of amides is 2. The van der Waals surface area contributed by atoms with Crippen molar-refractivity contribution in [1.29, 1.82) is 0 Å². The number of allylic oxidation sites excluding steroid dienone is 2. The van der Waals surface area contributed by atoms with Crippen molar-refractivity contribution in [2.75, 3.05) is 7.11 Å². The maximum atomic E-state index is 13.9. The van der Waals surface area contributed by atoms with Crippen molar-refractivity contribution in [1.82, 2.24) is 5.01 Å². The number of ether oxygens (including phenoxy) is 2. The van der Waals surface area contributed by atoms with E-state index >= 15 is 0 Å². The monoisotopic (exact) mass is 498 g/mol. The van der Waals surface area contributed by atoms with Crippen LogP contribution in [0.5, 0.6) is 11.5 Å². The smallest absolute Gasteiger partial charge is 0.254 e. The van der Waals surface area contributed by atoms with Gasteiger partial charge in [0.2, 0.25) is 0 Å². The minimum absolute atomic E-state index is 0.0327. The first-order chi connectivity index (χ1) is 15.5. The van der Waals surface area contributed by atoms with Crippen LogP contribution in [-0.2, 0) is 16.2 Å². The number of fused-ring (bicyclic) bond motifs is 5. The molecule has 6 nitrogen and oxygen atoms in total. The molecule has 8 heteroatoms. The van der Waals surface area contributed by atoms with E-state index in [1.807, 2.05) is 12.2 Å². The summed E-state index contributed by atoms with van der Waals surface area (Å²) in [5.74, 6) is -0.278. The lowest BCUT2D eigenvalue weighted by molar-refractivity contribution is -0.140. The normalized spacial score (nSPS) is 25.8. The van der Waals surface area contributed by atoms with E-state index in [1.165, 1.54) is 19.4 Å². The van der Waals surface area contributed by atoms with Crippen molar-refractivity contribution in [2.24, 2.45) is 28.8 Å². The second kappa shape index (κ2) is 8.16. The van der Waals surface area contributed by atoms with E-state index in [0.29, 0.717) is 27.1 Å². The lowest BCUT2D eigenvalue weighted by Gasteiger charge is -2.14. The van der Waals surface area contributed by atoms with Crippen molar-refractivity contribution < 1.29 is 23.5 Å². The summed E-state index contributed by atoms with van der Waals surface area (Å²) < 4.78 is 25.7. The van der Waals surface area contributed by atoms with Gasteiger partial charge in [-0.3, -0.25) is 9.59 Å². The van der Waals surface area contributed by atoms with E-state index in [2.05, 4.69) is 21.0 Å². The largest absolute Gasteiger partial charge is 0.493 e. The molecule has 2 aromatic rings. The Bertz CT molecular complexity index is 1130. The van der Waals surface area contributed by atoms with Crippen LogP contribution in [0.4, 0.5) is 4.39 Å². The molecule has 0 unspecified atom stereocenters. The molecular weight excluding hydrogens is 479 g/mol. The Balaban J connectivity index is 1.34. The fourth-order valence-corrected chi connectivity index (χ4v) is 5.42. The van der Waals surface area contributed by atoms with Crippen LogP contribution in [0.3, 0.4) is 0 Å². The number of rotatable bonds is 6. The molecule has 2 aliphatic carbocycles. The predicted molar refractivity (Wildman–Crippen MR) is 119 cm³/mol. The van der Waals surface area contributed by atoms with E-state index in [1.54, 1.807) is 30.3 Å². The molecular formula is C24H20BrFN2O4. The Morgan fingerprint density at radius 3 is 2.50 bits per heavy atom. The maximum Gasteiger partial charge on any atom is 0.254 e. The molecule has 1 saturated heterocycles. The first kappa shape index (κ1) is 20.9. The van der Waals surface area contributed by atoms with Gasteiger partial charge in [0.1, 0.15) is 12.4 Å². The Morgan fingerprint density at radius 1 is 1.16 bits per heavy atom. The van der Waals surface area contributed by atoms with Gasteiger partial charge in [0.05, 0.1) is 29.6 Å². The van der Waals surface area contributed by atoms with Crippen LogP contribution in [0.25, 0.3) is 0 Å². The number of imide groups is 1. The number of hydrazone groups is 1. The van der Waals surface area contributed by atoms with Crippen molar-refractivity contribution in [3.63, 3.8) is 0 Å². The Labute approximate surface area is 192 Å². The highest BCUT2D eigenvalue weighted by atomic mass is 79.9. The standard InChI is InChI=1S/C24H20BrFN2O4/c1-31-19-9-13(8-17(25)22(19)32-12-16-4-2-3-5-18(16)26)11-27-28-23(29)20-14-6-7-15(10-14)21(20)24(28)30/h2-9,11,14-15,20-21H,10,12H2,1H3/t14-,15-,20-,21+/m0/s1. The zero-order valence-corrected chi connectivity index (χ0v) is 18.8. The summed E-state index contributed by atoms with van der Waals surface area (Å²) in [4.78, 5) is 25.5. The molecule has 0 N–H and O–H groups in total. The molecule has 3 aliphatic rings. The third-order valence-corrected chi connectivity index (χ3v) is 6.94. The summed E-state index contributed by atoms with van der Waals surface area (Å²) >= 11 is 3.46. The Morgan fingerprint density at radius 2 is 1.84 bits per heavy atom. The zero-order chi connectivity index (χ0) is 22.4. The van der Waals surface area contributed by atoms with E-state index in [4.69, 9.17) is 9.47 Å². The molecule has 32 heavy (non-hydrogen) atoms. The van der Waals surface area contributed by atoms with Crippen molar-refractivity contribution in [3.05, 3.63) is 70.0 Å². The van der Waals surface area contributed by atoms with Gasteiger partial charge in [-0.15, -0.1) is 0 Å². The van der Waals surface area contributed by atoms with Gasteiger partial charge in [-0.05, 0) is 57.9 Å². The second-order valence-electron chi connectivity index (χ2n) is 8.15. The zero-order valence-electron chi connectivity index (χ0n) is 17.2. The van der Waals surface area contributed by atoms with Gasteiger partial charge in [0, 0.05) is 5.56 Å². The SMILES string of the molecule is COc1cc(C=NN2C(=O)[C@@H]3[C@H](C2=O)[C@H]2C=C[C@H]3C2)cc(Br)c1OCc1ccccc1F. The Kier molecular flexibility index (Phi) is 5.33. The molecule has 1 heterocycles. The number of hydrogen-bond donors (Lipinski definition) is 0. The van der Waals surface area contributed by atoms with E-state index in [9.17, 15) is 14.0 Å². The number of halogens is 2. The highest BCUT2D eigenvalue weighted by Gasteiger charge is 2.59. The van der Waals surface area contributed by atoms with Gasteiger partial charge in [-0.1, -0.05) is 30.4 Å². The number of nitrogens with zero attached hydrogens (tertiary/aromatic N) is 2. The number of carbonyl (C=O) groups is 2. The van der Waals surface area contributed by atoms with Crippen LogP contribution >= 0.6 is 15.9 Å². The lowest BCUT2D eigenvalue weighted by Crippen LogP contribution is -2.28. The Hall–Kier alpha value is -3.00. The summed E-state index contributed by atoms with van der Waals surface area (Å²) in [6.07, 6.45) is 6.43. The van der Waals surface area contributed by atoms with Crippen molar-refractivity contribution in [3.8, 4) is 11.5 Å². The summed E-state index contributed by atoms with van der Waals surface area (Å²) in [6, 6.07) is 9.80. The van der Waals surface area contributed by atoms with E-state index in [-0.39, 0.29) is 47.9 Å². The average molecular weight is 499 g/mol. The van der Waals surface area contributed by atoms with Crippen molar-refractivity contribution in [2.45, 2.75) is 13.0 Å². The molecule has 1 saturated carbocycles. The summed E-state index contributed by atoms with van der Waals surface area (Å²) in [5.41, 5.74) is 1.04. The second-order valence-corrected chi connectivity index (χ2v) is 9.00. The molecule has 1 aliphatic heterocycles. The molecule has 4 atom stereocenters. The van der Waals surface area contributed by atoms with Gasteiger partial charge in [-0.2, -0.15) is 10.1 Å². The molecule has 2 amide bonds. The number of methoxy groups -OCH3 is 1. The third-order valence-electron chi connectivity index (χ3n) is 6.35. The van der Waals surface area contributed by atoms with E-state index < -0.39 is 0 Å². The van der Waals surface area contributed by atoms with Crippen LogP contribution in [0, 0.1) is 29.5 Å². The molecule has 2 fully saturated rings. The molecule has 2 bridgehead atoms. The van der Waals surface area contributed by atoms with Gasteiger partial charge in [0.15, 0.2) is 11.5 Å². The topological polar surface area (TPSA) is 68.2 Å². The highest BCUT2D eigenvalue weighted by molar-refractivity contribution is 9.10. The van der Waals surface area contributed by atoms with Gasteiger partial charge in [0.25, 0.3) is 11.8 Å². The summed E-state index contributed by atoms with van der Waals surface area (Å²) in [6.45, 7) is 0.0327. The summed E-state index contributed by atoms with van der Waals surface area (Å²) in [7, 11) is 1.50. The summed E-state index contributed by atoms with van der Waals surface area (Å²) in [5, 5.41) is 5.21. The molecule has 0 aromatic heterocycles. The van der Waals surface area contributed by atoms with Crippen molar-refractivity contribution >= 4 is 34.0 Å². The molecule has 164 valence electrons. The first-order valence-electron chi connectivity index (χ1n) is 10.3. The van der Waals surface area contributed by atoms with Crippen LogP contribution in [0.1, 0.15) is 17.5 Å². The van der Waals surface area contributed by atoms with Crippen LogP contribution in [0.2, 0.25) is 0 Å². The molecule has 0 radical (unpaired) electrons. The van der Waals surface area contributed by atoms with Gasteiger partial charge < -0.3 is 9.47 Å². The first-order valence-corrected chi connectivity index (χ1v) is 11.1. The van der Waals surface area contributed by atoms with Crippen LogP contribution in [-0.4, -0.2) is 30.1 Å². The quantitative estimate of drug-likeness (QED) is 0.338. The van der Waals surface area contributed by atoms with E-state index in [0.717, 1.165) is 11.4 Å². The third kappa shape index (κ3) is 3.43. The number of hydrogen-bond acceptors (Lipinski definition) is 5.